The number of hydrogen-bond acceptors (Lipinski definition) is 4. The van der Waals surface area contributed by atoms with Gasteiger partial charge in [-0.3, -0.25) is 4.40 Å². The number of rotatable bonds is 3. The van der Waals surface area contributed by atoms with Gasteiger partial charge < -0.3 is 4.40 Å². The molecule has 164 valence electrons. The standard InChI is InChI=1S/C18H12F6N4O2S/c1-2-31(29,30)16-15(26-13-4-3-11(8-28(13)16)18(22,23)24)12-9-27-6-5-10(17(19,20)21)7-14(27)25-12/h3-9H,2H2,1H3. The topological polar surface area (TPSA) is 68.7 Å². The van der Waals surface area contributed by atoms with Crippen LogP contribution in [0.5, 0.6) is 0 Å². The average molecular weight is 462 g/mol. The maximum Gasteiger partial charge on any atom is 0.417 e. The molecule has 0 bridgehead atoms. The molecule has 0 atom stereocenters. The van der Waals surface area contributed by atoms with Gasteiger partial charge in [-0.25, -0.2) is 18.4 Å². The van der Waals surface area contributed by atoms with Gasteiger partial charge in [0.2, 0.25) is 0 Å². The maximum absolute atomic E-state index is 13.1. The molecule has 0 saturated heterocycles. The molecule has 0 aliphatic carbocycles. The summed E-state index contributed by atoms with van der Waals surface area (Å²) in [4.78, 5) is 8.14. The number of alkyl halides is 6. The Morgan fingerprint density at radius 2 is 1.58 bits per heavy atom. The van der Waals surface area contributed by atoms with Crippen molar-refractivity contribution in [2.75, 3.05) is 5.75 Å². The molecule has 0 aromatic carbocycles. The number of fused-ring (bicyclic) bond motifs is 2. The van der Waals surface area contributed by atoms with Crippen LogP contribution in [0.1, 0.15) is 18.1 Å². The van der Waals surface area contributed by atoms with E-state index in [1.54, 1.807) is 0 Å². The predicted molar refractivity (Wildman–Crippen MR) is 97.1 cm³/mol. The summed E-state index contributed by atoms with van der Waals surface area (Å²) in [6.07, 6.45) is -6.35. The van der Waals surface area contributed by atoms with E-state index in [-0.39, 0.29) is 22.7 Å². The average Bonchev–Trinajstić information content (AvgIpc) is 3.26. The molecule has 4 aromatic heterocycles. The summed E-state index contributed by atoms with van der Waals surface area (Å²) in [5.74, 6) is -0.435. The molecular weight excluding hydrogens is 450 g/mol. The minimum absolute atomic E-state index is 0.0805. The number of sulfone groups is 1. The third-order valence-electron chi connectivity index (χ3n) is 4.61. The second kappa shape index (κ2) is 6.70. The molecule has 0 saturated carbocycles. The van der Waals surface area contributed by atoms with Gasteiger partial charge in [0.15, 0.2) is 14.9 Å². The molecule has 0 unspecified atom stereocenters. The molecule has 0 amide bonds. The van der Waals surface area contributed by atoms with Crippen LogP contribution in [0.2, 0.25) is 0 Å². The van der Waals surface area contributed by atoms with E-state index in [4.69, 9.17) is 0 Å². The first-order valence-electron chi connectivity index (χ1n) is 8.69. The van der Waals surface area contributed by atoms with Crippen LogP contribution < -0.4 is 0 Å². The highest BCUT2D eigenvalue weighted by Crippen LogP contribution is 2.34. The highest BCUT2D eigenvalue weighted by molar-refractivity contribution is 7.91. The van der Waals surface area contributed by atoms with E-state index in [2.05, 4.69) is 9.97 Å². The maximum atomic E-state index is 13.1. The molecule has 0 aliphatic heterocycles. The lowest BCUT2D eigenvalue weighted by Crippen LogP contribution is -2.11. The van der Waals surface area contributed by atoms with Crippen LogP contribution in [0.3, 0.4) is 0 Å². The fourth-order valence-corrected chi connectivity index (χ4v) is 4.23. The number of imidazole rings is 2. The molecular formula is C18H12F6N4O2S. The number of halogens is 6. The lowest BCUT2D eigenvalue weighted by atomic mass is 10.2. The summed E-state index contributed by atoms with van der Waals surface area (Å²) in [5, 5.41) is -0.518. The monoisotopic (exact) mass is 462 g/mol. The molecule has 0 radical (unpaired) electrons. The number of pyridine rings is 2. The van der Waals surface area contributed by atoms with Gasteiger partial charge in [-0.1, -0.05) is 6.92 Å². The van der Waals surface area contributed by atoms with Gasteiger partial charge in [-0.2, -0.15) is 26.3 Å². The Morgan fingerprint density at radius 3 is 2.19 bits per heavy atom. The first-order chi connectivity index (χ1) is 14.3. The van der Waals surface area contributed by atoms with E-state index in [0.717, 1.165) is 34.9 Å². The van der Waals surface area contributed by atoms with E-state index < -0.39 is 44.1 Å². The third kappa shape index (κ3) is 3.62. The van der Waals surface area contributed by atoms with Crippen molar-refractivity contribution >= 4 is 21.1 Å². The van der Waals surface area contributed by atoms with Gasteiger partial charge >= 0.3 is 12.4 Å². The molecule has 6 nitrogen and oxygen atoms in total. The molecule has 0 fully saturated rings. The van der Waals surface area contributed by atoms with Gasteiger partial charge in [-0.05, 0) is 24.3 Å². The van der Waals surface area contributed by atoms with Crippen molar-refractivity contribution in [2.24, 2.45) is 0 Å². The zero-order valence-corrected chi connectivity index (χ0v) is 16.3. The Bertz CT molecular complexity index is 1420. The highest BCUT2D eigenvalue weighted by atomic mass is 32.2. The Balaban J connectivity index is 2.00. The Hall–Kier alpha value is -3.09. The Labute approximate surface area is 170 Å². The van der Waals surface area contributed by atoms with Crippen molar-refractivity contribution in [3.05, 3.63) is 54.0 Å². The van der Waals surface area contributed by atoms with Crippen molar-refractivity contribution < 1.29 is 34.8 Å². The van der Waals surface area contributed by atoms with E-state index >= 15 is 0 Å². The second-order valence-corrected chi connectivity index (χ2v) is 8.81. The second-order valence-electron chi connectivity index (χ2n) is 6.62. The van der Waals surface area contributed by atoms with Crippen LogP contribution in [0.25, 0.3) is 22.7 Å². The van der Waals surface area contributed by atoms with Crippen molar-refractivity contribution in [1.29, 1.82) is 0 Å². The normalized spacial score (nSPS) is 13.4. The van der Waals surface area contributed by atoms with Crippen LogP contribution in [-0.2, 0) is 22.2 Å². The first kappa shape index (κ1) is 21.2. The summed E-state index contributed by atoms with van der Waals surface area (Å²) < 4.78 is 106. The fraction of sp³-hybridized carbons (Fsp3) is 0.222. The summed E-state index contributed by atoms with van der Waals surface area (Å²) >= 11 is 0. The molecule has 0 aliphatic rings. The molecule has 13 heteroatoms. The van der Waals surface area contributed by atoms with Gasteiger partial charge in [0.05, 0.1) is 16.9 Å². The summed E-state index contributed by atoms with van der Waals surface area (Å²) in [6, 6.07) is 3.36. The van der Waals surface area contributed by atoms with Gasteiger partial charge in [0, 0.05) is 18.6 Å². The molecule has 4 aromatic rings. The summed E-state index contributed by atoms with van der Waals surface area (Å²) in [6.45, 7) is 1.31. The van der Waals surface area contributed by atoms with Crippen molar-refractivity contribution in [1.82, 2.24) is 18.8 Å². The van der Waals surface area contributed by atoms with Crippen LogP contribution in [0, 0.1) is 0 Å². The molecule has 4 rings (SSSR count). The smallest absolute Gasteiger partial charge is 0.306 e. The van der Waals surface area contributed by atoms with Crippen LogP contribution in [0.4, 0.5) is 26.3 Å². The quantitative estimate of drug-likeness (QED) is 0.421. The fourth-order valence-electron chi connectivity index (χ4n) is 3.06. The van der Waals surface area contributed by atoms with E-state index in [9.17, 15) is 34.8 Å². The van der Waals surface area contributed by atoms with Crippen LogP contribution in [-0.4, -0.2) is 32.9 Å². The van der Waals surface area contributed by atoms with Crippen molar-refractivity contribution in [2.45, 2.75) is 24.3 Å². The first-order valence-corrected chi connectivity index (χ1v) is 10.3. The largest absolute Gasteiger partial charge is 0.417 e. The molecule has 31 heavy (non-hydrogen) atoms. The van der Waals surface area contributed by atoms with Crippen molar-refractivity contribution in [3.63, 3.8) is 0 Å². The number of hydrogen-bond donors (Lipinski definition) is 0. The SMILES string of the molecule is CCS(=O)(=O)c1c(-c2cn3ccc(C(F)(F)F)cc3n2)nc2ccc(C(F)(F)F)cn12. The Kier molecular flexibility index (Phi) is 4.57. The van der Waals surface area contributed by atoms with Crippen molar-refractivity contribution in [3.8, 4) is 11.4 Å². The number of aromatic nitrogens is 4. The van der Waals surface area contributed by atoms with Crippen LogP contribution in [0.15, 0.2) is 47.9 Å². The van der Waals surface area contributed by atoms with E-state index in [1.807, 2.05) is 0 Å². The van der Waals surface area contributed by atoms with Gasteiger partial charge in [0.1, 0.15) is 22.7 Å². The molecule has 4 heterocycles. The predicted octanol–water partition coefficient (Wildman–Crippen LogP) is 4.48. The van der Waals surface area contributed by atoms with Gasteiger partial charge in [-0.15, -0.1) is 0 Å². The minimum atomic E-state index is -4.72. The highest BCUT2D eigenvalue weighted by Gasteiger charge is 2.34. The summed E-state index contributed by atoms with van der Waals surface area (Å²) in [5.41, 5.74) is -2.59. The van der Waals surface area contributed by atoms with Gasteiger partial charge in [0.25, 0.3) is 0 Å². The lowest BCUT2D eigenvalue weighted by molar-refractivity contribution is -0.138. The lowest BCUT2D eigenvalue weighted by Gasteiger charge is -2.08. The number of nitrogens with zero attached hydrogens (tertiary/aromatic N) is 4. The minimum Gasteiger partial charge on any atom is -0.306 e. The molecule has 0 spiro atoms. The molecule has 0 N–H and O–H groups in total. The zero-order chi connectivity index (χ0) is 22.8. The van der Waals surface area contributed by atoms with E-state index in [1.165, 1.54) is 17.5 Å². The van der Waals surface area contributed by atoms with Crippen LogP contribution >= 0.6 is 0 Å². The summed E-state index contributed by atoms with van der Waals surface area (Å²) in [7, 11) is -4.09. The zero-order valence-electron chi connectivity index (χ0n) is 15.5. The van der Waals surface area contributed by atoms with E-state index in [0.29, 0.717) is 6.20 Å². The third-order valence-corrected chi connectivity index (χ3v) is 6.35. The Morgan fingerprint density at radius 1 is 0.903 bits per heavy atom.